The van der Waals surface area contributed by atoms with Gasteiger partial charge in [0, 0.05) is 44.6 Å². The highest BCUT2D eigenvalue weighted by Gasteiger charge is 2.44. The van der Waals surface area contributed by atoms with E-state index in [9.17, 15) is 0 Å². The third-order valence-electron chi connectivity index (χ3n) is 15.4. The molecule has 4 aromatic heterocycles. The minimum absolute atomic E-state index is 0.646. The molecule has 358 valence electrons. The second-order valence-electron chi connectivity index (χ2n) is 19.3. The number of para-hydroxylation sites is 2. The van der Waals surface area contributed by atoms with Gasteiger partial charge >= 0.3 is 0 Å². The van der Waals surface area contributed by atoms with E-state index in [1.165, 1.54) is 31.1 Å². The van der Waals surface area contributed by atoms with Gasteiger partial charge in [0.25, 0.3) is 0 Å². The molecule has 0 bridgehead atoms. The topological polar surface area (TPSA) is 61.4 Å². The van der Waals surface area contributed by atoms with Gasteiger partial charge in [-0.1, -0.05) is 231 Å². The lowest BCUT2D eigenvalue weighted by Crippen LogP contribution is -2.75. The summed E-state index contributed by atoms with van der Waals surface area (Å²) in [7, 11) is -5.84. The normalized spacial score (nSPS) is 11.9. The summed E-state index contributed by atoms with van der Waals surface area (Å²) in [4.78, 5) is 21.5. The maximum absolute atomic E-state index is 5.66. The van der Waals surface area contributed by atoms with Crippen LogP contribution in [0.5, 0.6) is 0 Å². The van der Waals surface area contributed by atoms with E-state index >= 15 is 0 Å². The molecule has 14 aromatic rings. The number of nitrogens with zero attached hydrogens (tertiary/aromatic N) is 6. The molecule has 0 amide bonds. The Morgan fingerprint density at radius 3 is 0.842 bits per heavy atom. The lowest BCUT2D eigenvalue weighted by atomic mass is 10.0. The van der Waals surface area contributed by atoms with Crippen molar-refractivity contribution in [2.75, 3.05) is 0 Å². The Hall–Kier alpha value is -9.61. The molecule has 0 spiro atoms. The first-order valence-corrected chi connectivity index (χ1v) is 29.8. The summed E-state index contributed by atoms with van der Waals surface area (Å²) in [6.45, 7) is 0. The van der Waals surface area contributed by atoms with Crippen molar-refractivity contribution in [2.24, 2.45) is 0 Å². The summed E-state index contributed by atoms with van der Waals surface area (Å²) >= 11 is 0. The zero-order valence-electron chi connectivity index (χ0n) is 41.4. The minimum atomic E-state index is -2.92. The van der Waals surface area contributed by atoms with Gasteiger partial charge in [-0.25, -0.2) is 19.9 Å². The summed E-state index contributed by atoms with van der Waals surface area (Å²) in [6.07, 6.45) is 3.90. The molecule has 0 saturated carbocycles. The molecule has 0 radical (unpaired) electrons. The zero-order chi connectivity index (χ0) is 50.5. The molecule has 0 aliphatic carbocycles. The Kier molecular flexibility index (Phi) is 11.1. The number of aromatic nitrogens is 6. The molecule has 0 aliphatic heterocycles. The van der Waals surface area contributed by atoms with Crippen LogP contribution in [-0.2, 0) is 0 Å². The van der Waals surface area contributed by atoms with E-state index in [0.717, 1.165) is 65.4 Å². The van der Waals surface area contributed by atoms with Crippen molar-refractivity contribution < 1.29 is 0 Å². The van der Waals surface area contributed by atoms with Crippen molar-refractivity contribution >= 4 is 102 Å². The first-order chi connectivity index (χ1) is 37.7. The van der Waals surface area contributed by atoms with E-state index in [-0.39, 0.29) is 0 Å². The molecule has 0 saturated heterocycles. The standard InChI is InChI=1S/C68H48N6Si2/c1-7-23-51(24-8-1)75(52-25-9-2-10-26-52,53-27-11-3-12-28-53)65-43-45-69-67(71-65)73-61-37-21-19-35-57(61)59-47-49(39-41-63(59)73)50-40-42-64-60(48-50)58-36-20-22-38-62(58)74(64)68-70-46-44-66(72-68)76(54-29-13-4-14-30-54,55-31-15-5-16-32-55)56-33-17-6-18-34-56/h1-48H. The number of benzene rings is 10. The molecule has 0 N–H and O–H groups in total. The van der Waals surface area contributed by atoms with E-state index in [2.05, 4.69) is 288 Å². The molecule has 0 fully saturated rings. The zero-order valence-corrected chi connectivity index (χ0v) is 43.4. The lowest BCUT2D eigenvalue weighted by Gasteiger charge is -2.33. The number of hydrogen-bond donors (Lipinski definition) is 0. The molecule has 10 aromatic carbocycles. The third kappa shape index (κ3) is 7.14. The van der Waals surface area contributed by atoms with Crippen molar-refractivity contribution in [3.8, 4) is 23.0 Å². The summed E-state index contributed by atoms with van der Waals surface area (Å²) in [5.41, 5.74) is 6.44. The largest absolute Gasteiger partial charge is 0.278 e. The van der Waals surface area contributed by atoms with Crippen LogP contribution in [0.25, 0.3) is 66.6 Å². The van der Waals surface area contributed by atoms with Gasteiger partial charge in [0.2, 0.25) is 28.0 Å². The van der Waals surface area contributed by atoms with E-state index in [4.69, 9.17) is 19.9 Å². The van der Waals surface area contributed by atoms with Crippen molar-refractivity contribution in [1.82, 2.24) is 29.1 Å². The van der Waals surface area contributed by atoms with E-state index in [1.807, 2.05) is 12.4 Å². The van der Waals surface area contributed by atoms with Crippen LogP contribution in [0.1, 0.15) is 0 Å². The first kappa shape index (κ1) is 45.0. The number of fused-ring (bicyclic) bond motifs is 6. The van der Waals surface area contributed by atoms with Gasteiger partial charge < -0.3 is 0 Å². The van der Waals surface area contributed by atoms with Crippen LogP contribution in [-0.4, -0.2) is 45.2 Å². The molecule has 4 heterocycles. The molecule has 0 aliphatic rings. The molecule has 0 atom stereocenters. The van der Waals surface area contributed by atoms with Gasteiger partial charge in [-0.2, -0.15) is 0 Å². The Morgan fingerprint density at radius 1 is 0.250 bits per heavy atom. The smallest absolute Gasteiger partial charge is 0.234 e. The van der Waals surface area contributed by atoms with Crippen molar-refractivity contribution in [2.45, 2.75) is 0 Å². The Balaban J connectivity index is 0.912. The summed E-state index contributed by atoms with van der Waals surface area (Å²) < 4.78 is 4.49. The van der Waals surface area contributed by atoms with Gasteiger partial charge in [-0.05, 0) is 90.8 Å². The number of rotatable bonds is 11. The average Bonchev–Trinajstić information content (AvgIpc) is 4.10. The Morgan fingerprint density at radius 2 is 0.526 bits per heavy atom. The molecule has 6 nitrogen and oxygen atoms in total. The second-order valence-corrected chi connectivity index (χ2v) is 26.8. The van der Waals surface area contributed by atoms with Crippen LogP contribution < -0.4 is 41.8 Å². The maximum Gasteiger partial charge on any atom is 0.234 e. The molecular formula is C68H48N6Si2. The first-order valence-electron chi connectivity index (χ1n) is 25.8. The highest BCUT2D eigenvalue weighted by molar-refractivity contribution is 7.20. The monoisotopic (exact) mass is 1000 g/mol. The quantitative estimate of drug-likeness (QED) is 0.0957. The SMILES string of the molecule is c1ccc([Si](c2ccccc2)(c2ccccc2)c2ccnc(-n3c4ccccc4c4cc(-c5ccc6c(c5)c5ccccc5n6-c5nccc([Si](c6ccccc6)(c6ccccc6)c6ccccc6)n5)ccc43)n2)cc1. The predicted octanol–water partition coefficient (Wildman–Crippen LogP) is 9.88. The van der Waals surface area contributed by atoms with E-state index < -0.39 is 16.1 Å². The maximum atomic E-state index is 5.66. The summed E-state index contributed by atoms with van der Waals surface area (Å²) in [6, 6.07) is 101. The molecule has 76 heavy (non-hydrogen) atoms. The fourth-order valence-corrected chi connectivity index (χ4v) is 21.2. The third-order valence-corrected chi connectivity index (χ3v) is 24.7. The van der Waals surface area contributed by atoms with Gasteiger partial charge in [-0.3, -0.25) is 9.13 Å². The van der Waals surface area contributed by atoms with Crippen molar-refractivity contribution in [3.63, 3.8) is 0 Å². The van der Waals surface area contributed by atoms with Crippen LogP contribution in [0.2, 0.25) is 0 Å². The molecule has 8 heteroatoms. The molecular weight excluding hydrogens is 957 g/mol. The van der Waals surface area contributed by atoms with Crippen LogP contribution in [0, 0.1) is 0 Å². The van der Waals surface area contributed by atoms with Gasteiger partial charge in [0.15, 0.2) is 0 Å². The fourth-order valence-electron chi connectivity index (χ4n) is 12.1. The molecule has 14 rings (SSSR count). The Bertz CT molecular complexity index is 3920. The van der Waals surface area contributed by atoms with E-state index in [1.54, 1.807) is 0 Å². The van der Waals surface area contributed by atoms with Crippen molar-refractivity contribution in [1.29, 1.82) is 0 Å². The van der Waals surface area contributed by atoms with Gasteiger partial charge in [0.1, 0.15) is 0 Å². The highest BCUT2D eigenvalue weighted by atomic mass is 28.3. The predicted molar refractivity (Wildman–Crippen MR) is 319 cm³/mol. The lowest BCUT2D eigenvalue weighted by molar-refractivity contribution is 0.999. The fraction of sp³-hybridized carbons (Fsp3) is 0. The van der Waals surface area contributed by atoms with Gasteiger partial charge in [-0.15, -0.1) is 0 Å². The highest BCUT2D eigenvalue weighted by Crippen LogP contribution is 2.37. The van der Waals surface area contributed by atoms with Crippen LogP contribution in [0.15, 0.2) is 291 Å². The summed E-state index contributed by atoms with van der Waals surface area (Å²) in [5.74, 6) is 1.29. The number of hydrogen-bond acceptors (Lipinski definition) is 4. The van der Waals surface area contributed by atoms with Crippen LogP contribution in [0.4, 0.5) is 0 Å². The van der Waals surface area contributed by atoms with Gasteiger partial charge in [0.05, 0.1) is 22.1 Å². The summed E-state index contributed by atoms with van der Waals surface area (Å²) in [5, 5.41) is 14.2. The van der Waals surface area contributed by atoms with Crippen LogP contribution in [0.3, 0.4) is 0 Å². The Labute approximate surface area is 442 Å². The average molecular weight is 1010 g/mol. The minimum Gasteiger partial charge on any atom is -0.278 e. The van der Waals surface area contributed by atoms with Crippen LogP contribution >= 0.6 is 0 Å². The van der Waals surface area contributed by atoms with Crippen molar-refractivity contribution in [3.05, 3.63) is 291 Å². The van der Waals surface area contributed by atoms with E-state index in [0.29, 0.717) is 11.9 Å². The second kappa shape index (κ2) is 18.7. The molecule has 0 unspecified atom stereocenters.